The van der Waals surface area contributed by atoms with Crippen LogP contribution in [0.3, 0.4) is 0 Å². The summed E-state index contributed by atoms with van der Waals surface area (Å²) in [5, 5.41) is 0. The third kappa shape index (κ3) is 7.35. The number of aldehydes is 1. The highest BCUT2D eigenvalue weighted by atomic mass is 16.5. The predicted octanol–water partition coefficient (Wildman–Crippen LogP) is 4.60. The van der Waals surface area contributed by atoms with E-state index in [1.165, 1.54) is 0 Å². The summed E-state index contributed by atoms with van der Waals surface area (Å²) < 4.78 is 10.5. The molecule has 0 saturated carbocycles. The number of aromatic nitrogens is 1. The maximum atomic E-state index is 11.4. The molecule has 1 aromatic heterocycles. The molecular weight excluding hydrogens is 354 g/mol. The number of benzene rings is 1. The van der Waals surface area contributed by atoms with Crippen molar-refractivity contribution >= 4 is 17.8 Å². The van der Waals surface area contributed by atoms with E-state index in [0.29, 0.717) is 26.1 Å². The average molecular weight is 381 g/mol. The summed E-state index contributed by atoms with van der Waals surface area (Å²) in [4.78, 5) is 26.1. The topological polar surface area (TPSA) is 65.5 Å². The largest absolute Gasteiger partial charge is 0.493 e. The van der Waals surface area contributed by atoms with Crippen molar-refractivity contribution in [3.05, 3.63) is 66.0 Å². The van der Waals surface area contributed by atoms with Gasteiger partial charge in [-0.25, -0.2) is 0 Å². The highest BCUT2D eigenvalue weighted by molar-refractivity contribution is 5.79. The van der Waals surface area contributed by atoms with Crippen LogP contribution in [-0.2, 0) is 14.3 Å². The molecule has 0 unspecified atom stereocenters. The second-order valence-electron chi connectivity index (χ2n) is 6.24. The summed E-state index contributed by atoms with van der Waals surface area (Å²) in [5.74, 6) is 0.606. The molecule has 2 rings (SSSR count). The van der Waals surface area contributed by atoms with Gasteiger partial charge in [0.15, 0.2) is 0 Å². The molecule has 28 heavy (non-hydrogen) atoms. The summed E-state index contributed by atoms with van der Waals surface area (Å²) >= 11 is 0. The van der Waals surface area contributed by atoms with Gasteiger partial charge in [-0.2, -0.15) is 0 Å². The van der Waals surface area contributed by atoms with Crippen LogP contribution in [0.2, 0.25) is 0 Å². The van der Waals surface area contributed by atoms with Crippen molar-refractivity contribution in [2.24, 2.45) is 0 Å². The standard InChI is InChI=1S/C23H27NO4/c1-2-27-23(26)10-5-3-4-9-22(20-8-6-15-24-18-20)19-11-13-21(14-12-19)28-17-7-16-25/h6,8-9,11-16,18H,2-5,7,10,17H2,1H3/b22-9+. The van der Waals surface area contributed by atoms with Gasteiger partial charge in [0.1, 0.15) is 12.0 Å². The van der Waals surface area contributed by atoms with E-state index in [4.69, 9.17) is 9.47 Å². The zero-order chi connectivity index (χ0) is 20.0. The van der Waals surface area contributed by atoms with Crippen LogP contribution >= 0.6 is 0 Å². The summed E-state index contributed by atoms with van der Waals surface area (Å²) in [6, 6.07) is 11.8. The molecule has 0 aliphatic rings. The maximum absolute atomic E-state index is 11.4. The normalized spacial score (nSPS) is 11.1. The van der Waals surface area contributed by atoms with Gasteiger partial charge in [0.05, 0.1) is 13.2 Å². The fourth-order valence-electron chi connectivity index (χ4n) is 2.77. The molecule has 0 bridgehead atoms. The van der Waals surface area contributed by atoms with Crippen LogP contribution in [-0.4, -0.2) is 30.5 Å². The molecule has 0 atom stereocenters. The molecule has 0 saturated heterocycles. The lowest BCUT2D eigenvalue weighted by atomic mass is 9.97. The number of unbranched alkanes of at least 4 members (excludes halogenated alkanes) is 2. The SMILES string of the molecule is CCOC(=O)CCCC/C=C(\c1ccc(OCCC=O)cc1)c1cccnc1. The Balaban J connectivity index is 2.03. The molecule has 1 aromatic carbocycles. The van der Waals surface area contributed by atoms with E-state index in [1.54, 1.807) is 6.20 Å². The van der Waals surface area contributed by atoms with Crippen molar-refractivity contribution in [2.75, 3.05) is 13.2 Å². The van der Waals surface area contributed by atoms with Crippen LogP contribution in [0.15, 0.2) is 54.9 Å². The van der Waals surface area contributed by atoms with E-state index in [2.05, 4.69) is 11.1 Å². The summed E-state index contributed by atoms with van der Waals surface area (Å²) in [6.45, 7) is 2.63. The van der Waals surface area contributed by atoms with Crippen LogP contribution in [0.4, 0.5) is 0 Å². The Bertz CT molecular complexity index is 754. The Morgan fingerprint density at radius 3 is 2.57 bits per heavy atom. The molecule has 0 radical (unpaired) electrons. The number of esters is 1. The number of carbonyl (C=O) groups excluding carboxylic acids is 2. The molecule has 2 aromatic rings. The van der Waals surface area contributed by atoms with E-state index in [1.807, 2.05) is 49.5 Å². The first kappa shape index (κ1) is 21.4. The quantitative estimate of drug-likeness (QED) is 0.305. The predicted molar refractivity (Wildman–Crippen MR) is 109 cm³/mol. The van der Waals surface area contributed by atoms with Crippen LogP contribution in [0.5, 0.6) is 5.75 Å². The van der Waals surface area contributed by atoms with E-state index in [0.717, 1.165) is 48.0 Å². The molecule has 0 amide bonds. The summed E-state index contributed by atoms with van der Waals surface area (Å²) in [5.41, 5.74) is 3.22. The van der Waals surface area contributed by atoms with Crippen LogP contribution in [0.1, 0.15) is 50.2 Å². The van der Waals surface area contributed by atoms with Gasteiger partial charge in [0.2, 0.25) is 0 Å². The highest BCUT2D eigenvalue weighted by Gasteiger charge is 2.06. The fourth-order valence-corrected chi connectivity index (χ4v) is 2.77. The molecule has 1 heterocycles. The molecule has 0 N–H and O–H groups in total. The molecule has 0 fully saturated rings. The van der Waals surface area contributed by atoms with Crippen molar-refractivity contribution in [3.63, 3.8) is 0 Å². The minimum Gasteiger partial charge on any atom is -0.493 e. The molecule has 0 aliphatic heterocycles. The Morgan fingerprint density at radius 1 is 1.07 bits per heavy atom. The summed E-state index contributed by atoms with van der Waals surface area (Å²) in [7, 11) is 0. The minimum atomic E-state index is -0.135. The molecule has 5 nitrogen and oxygen atoms in total. The van der Waals surface area contributed by atoms with E-state index < -0.39 is 0 Å². The average Bonchev–Trinajstić information content (AvgIpc) is 2.72. The molecule has 0 aliphatic carbocycles. The Hall–Kier alpha value is -2.95. The van der Waals surface area contributed by atoms with Crippen molar-refractivity contribution in [1.29, 1.82) is 0 Å². The van der Waals surface area contributed by atoms with Crippen LogP contribution in [0.25, 0.3) is 5.57 Å². The lowest BCUT2D eigenvalue weighted by molar-refractivity contribution is -0.143. The Kier molecular flexibility index (Phi) is 9.49. The number of carbonyl (C=O) groups is 2. The van der Waals surface area contributed by atoms with Crippen LogP contribution in [0, 0.1) is 0 Å². The molecule has 5 heteroatoms. The van der Waals surface area contributed by atoms with E-state index in [-0.39, 0.29) is 5.97 Å². The van der Waals surface area contributed by atoms with Crippen molar-refractivity contribution < 1.29 is 19.1 Å². The monoisotopic (exact) mass is 381 g/mol. The molecule has 0 spiro atoms. The van der Waals surface area contributed by atoms with E-state index >= 15 is 0 Å². The van der Waals surface area contributed by atoms with Crippen molar-refractivity contribution in [1.82, 2.24) is 4.98 Å². The first-order valence-electron chi connectivity index (χ1n) is 9.67. The number of ether oxygens (including phenoxy) is 2. The number of allylic oxidation sites excluding steroid dienone is 1. The zero-order valence-electron chi connectivity index (χ0n) is 16.3. The van der Waals surface area contributed by atoms with Crippen LogP contribution < -0.4 is 4.74 Å². The number of pyridine rings is 1. The van der Waals surface area contributed by atoms with Gasteiger partial charge < -0.3 is 14.3 Å². The van der Waals surface area contributed by atoms with Gasteiger partial charge in [-0.15, -0.1) is 0 Å². The number of rotatable bonds is 12. The first-order valence-corrected chi connectivity index (χ1v) is 9.67. The fraction of sp³-hybridized carbons (Fsp3) is 0.348. The van der Waals surface area contributed by atoms with Crippen molar-refractivity contribution in [3.8, 4) is 5.75 Å². The number of hydrogen-bond donors (Lipinski definition) is 0. The van der Waals surface area contributed by atoms with Gasteiger partial charge in [0, 0.05) is 30.8 Å². The van der Waals surface area contributed by atoms with Gasteiger partial charge in [0.25, 0.3) is 0 Å². The van der Waals surface area contributed by atoms with Gasteiger partial charge in [-0.3, -0.25) is 9.78 Å². The third-order valence-electron chi connectivity index (χ3n) is 4.13. The Morgan fingerprint density at radius 2 is 1.89 bits per heavy atom. The maximum Gasteiger partial charge on any atom is 0.305 e. The second kappa shape index (κ2) is 12.4. The molecule has 148 valence electrons. The van der Waals surface area contributed by atoms with Gasteiger partial charge >= 0.3 is 5.97 Å². The summed E-state index contributed by atoms with van der Waals surface area (Å²) in [6.07, 6.45) is 10.0. The number of hydrogen-bond acceptors (Lipinski definition) is 5. The molecular formula is C23H27NO4. The van der Waals surface area contributed by atoms with Gasteiger partial charge in [-0.1, -0.05) is 24.3 Å². The van der Waals surface area contributed by atoms with Gasteiger partial charge in [-0.05, 0) is 55.5 Å². The smallest absolute Gasteiger partial charge is 0.305 e. The Labute approximate surface area is 166 Å². The minimum absolute atomic E-state index is 0.135. The second-order valence-corrected chi connectivity index (χ2v) is 6.24. The van der Waals surface area contributed by atoms with Crippen molar-refractivity contribution in [2.45, 2.75) is 39.0 Å². The lowest BCUT2D eigenvalue weighted by Gasteiger charge is -2.10. The highest BCUT2D eigenvalue weighted by Crippen LogP contribution is 2.26. The third-order valence-corrected chi connectivity index (χ3v) is 4.13. The lowest BCUT2D eigenvalue weighted by Crippen LogP contribution is -2.02. The first-order chi connectivity index (χ1) is 13.7. The number of nitrogens with zero attached hydrogens (tertiary/aromatic N) is 1. The zero-order valence-corrected chi connectivity index (χ0v) is 16.3. The van der Waals surface area contributed by atoms with E-state index in [9.17, 15) is 9.59 Å².